The smallest absolute Gasteiger partial charge is 0.321 e. The fourth-order valence-electron chi connectivity index (χ4n) is 2.71. The highest BCUT2D eigenvalue weighted by atomic mass is 35.5. The first-order valence-electron chi connectivity index (χ1n) is 7.17. The number of carboxylic acid groups (broad SMARTS) is 1. The van der Waals surface area contributed by atoms with Crippen molar-refractivity contribution in [1.29, 1.82) is 0 Å². The molecule has 8 heteroatoms. The number of thiophene rings is 1. The number of carbonyl (C=O) groups is 2. The zero-order valence-electron chi connectivity index (χ0n) is 13.2. The third-order valence-corrected chi connectivity index (χ3v) is 5.40. The SMILES string of the molecule is COc1cc2c(C(C)(C(=O)O)C(=O)c3ccc(Cl)s3)c[nH]c2cc1F. The van der Waals surface area contributed by atoms with E-state index in [4.69, 9.17) is 16.3 Å². The predicted octanol–water partition coefficient (Wildman–Crippen LogP) is 4.26. The minimum absolute atomic E-state index is 0.0345. The van der Waals surface area contributed by atoms with Crippen molar-refractivity contribution in [3.8, 4) is 5.75 Å². The third-order valence-electron chi connectivity index (χ3n) is 4.17. The molecule has 130 valence electrons. The van der Waals surface area contributed by atoms with Gasteiger partial charge >= 0.3 is 5.97 Å². The number of benzene rings is 1. The second-order valence-corrected chi connectivity index (χ2v) is 7.31. The summed E-state index contributed by atoms with van der Waals surface area (Å²) < 4.78 is 19.2. The van der Waals surface area contributed by atoms with Crippen molar-refractivity contribution >= 4 is 45.6 Å². The van der Waals surface area contributed by atoms with Gasteiger partial charge < -0.3 is 14.8 Å². The molecule has 5 nitrogen and oxygen atoms in total. The number of halogens is 2. The molecule has 0 radical (unpaired) electrons. The highest BCUT2D eigenvalue weighted by molar-refractivity contribution is 7.18. The normalized spacial score (nSPS) is 13.6. The largest absolute Gasteiger partial charge is 0.494 e. The van der Waals surface area contributed by atoms with E-state index >= 15 is 0 Å². The van der Waals surface area contributed by atoms with Crippen LogP contribution in [0.5, 0.6) is 5.75 Å². The molecular formula is C17H13ClFNO4S. The Balaban J connectivity index is 2.23. The lowest BCUT2D eigenvalue weighted by molar-refractivity contribution is -0.141. The number of aromatic nitrogens is 1. The number of Topliss-reactive ketones (excluding diaryl/α,β-unsaturated/α-hetero) is 1. The highest BCUT2D eigenvalue weighted by Gasteiger charge is 2.45. The molecule has 0 saturated heterocycles. The van der Waals surface area contributed by atoms with Gasteiger partial charge in [-0.25, -0.2) is 4.39 Å². The van der Waals surface area contributed by atoms with E-state index in [0.29, 0.717) is 15.2 Å². The molecule has 3 rings (SSSR count). The van der Waals surface area contributed by atoms with Crippen LogP contribution >= 0.6 is 22.9 Å². The van der Waals surface area contributed by atoms with Gasteiger partial charge in [0.2, 0.25) is 0 Å². The standard InChI is InChI=1S/C17H13ClFNO4S/c1-17(16(22)23,15(21)13-3-4-14(18)25-13)9-7-20-11-6-10(19)12(24-2)5-8(9)11/h3-7,20H,1-2H3,(H,22,23). The lowest BCUT2D eigenvalue weighted by Crippen LogP contribution is -2.40. The number of carboxylic acids is 1. The van der Waals surface area contributed by atoms with E-state index in [2.05, 4.69) is 4.98 Å². The first kappa shape index (κ1) is 17.4. The summed E-state index contributed by atoms with van der Waals surface area (Å²) in [5.41, 5.74) is -1.27. The second-order valence-electron chi connectivity index (χ2n) is 5.60. The maximum Gasteiger partial charge on any atom is 0.321 e. The summed E-state index contributed by atoms with van der Waals surface area (Å²) in [4.78, 5) is 28.0. The minimum atomic E-state index is -1.87. The van der Waals surface area contributed by atoms with Crippen LogP contribution in [0.4, 0.5) is 4.39 Å². The molecule has 1 aromatic carbocycles. The van der Waals surface area contributed by atoms with Gasteiger partial charge in [-0.3, -0.25) is 9.59 Å². The third kappa shape index (κ3) is 2.69. The Labute approximate surface area is 151 Å². The van der Waals surface area contributed by atoms with Crippen LogP contribution < -0.4 is 4.74 Å². The van der Waals surface area contributed by atoms with Crippen LogP contribution in [0.1, 0.15) is 22.2 Å². The average Bonchev–Trinajstić information content (AvgIpc) is 3.18. The van der Waals surface area contributed by atoms with Crippen LogP contribution in [0.25, 0.3) is 10.9 Å². The van der Waals surface area contributed by atoms with Crippen LogP contribution in [-0.4, -0.2) is 29.0 Å². The summed E-state index contributed by atoms with van der Waals surface area (Å²) in [6, 6.07) is 5.61. The molecule has 0 spiro atoms. The monoisotopic (exact) mass is 381 g/mol. The van der Waals surface area contributed by atoms with Gasteiger partial charge in [0.25, 0.3) is 0 Å². The van der Waals surface area contributed by atoms with Crippen LogP contribution in [-0.2, 0) is 10.2 Å². The summed E-state index contributed by atoms with van der Waals surface area (Å²) in [5.74, 6) is -2.53. The van der Waals surface area contributed by atoms with Gasteiger partial charge in [0.1, 0.15) is 0 Å². The van der Waals surface area contributed by atoms with Gasteiger partial charge in [0.15, 0.2) is 22.8 Å². The minimum Gasteiger partial charge on any atom is -0.494 e. The number of hydrogen-bond acceptors (Lipinski definition) is 4. The summed E-state index contributed by atoms with van der Waals surface area (Å²) in [5, 5.41) is 10.2. The molecule has 0 bridgehead atoms. The first-order valence-corrected chi connectivity index (χ1v) is 8.37. The number of fused-ring (bicyclic) bond motifs is 1. The molecule has 0 aliphatic carbocycles. The molecule has 0 aliphatic rings. The lowest BCUT2D eigenvalue weighted by Gasteiger charge is -2.22. The van der Waals surface area contributed by atoms with E-state index in [1.807, 2.05) is 0 Å². The predicted molar refractivity (Wildman–Crippen MR) is 93.5 cm³/mol. The molecule has 0 aliphatic heterocycles. The van der Waals surface area contributed by atoms with Gasteiger partial charge in [0, 0.05) is 28.7 Å². The van der Waals surface area contributed by atoms with Crippen molar-refractivity contribution < 1.29 is 23.8 Å². The van der Waals surface area contributed by atoms with Crippen molar-refractivity contribution in [2.75, 3.05) is 7.11 Å². The van der Waals surface area contributed by atoms with E-state index < -0.39 is 23.0 Å². The van der Waals surface area contributed by atoms with E-state index in [-0.39, 0.29) is 16.2 Å². The maximum atomic E-state index is 13.9. The maximum absolute atomic E-state index is 13.9. The highest BCUT2D eigenvalue weighted by Crippen LogP contribution is 2.38. The van der Waals surface area contributed by atoms with Crippen molar-refractivity contribution in [3.63, 3.8) is 0 Å². The number of rotatable bonds is 5. The molecule has 2 N–H and O–H groups in total. The lowest BCUT2D eigenvalue weighted by atomic mass is 9.78. The molecule has 2 heterocycles. The van der Waals surface area contributed by atoms with E-state index in [1.165, 1.54) is 44.5 Å². The number of ether oxygens (including phenoxy) is 1. The molecule has 25 heavy (non-hydrogen) atoms. The zero-order valence-corrected chi connectivity index (χ0v) is 14.8. The van der Waals surface area contributed by atoms with Gasteiger partial charge in [0.05, 0.1) is 16.3 Å². The number of hydrogen-bond donors (Lipinski definition) is 2. The fraction of sp³-hybridized carbons (Fsp3) is 0.176. The zero-order chi connectivity index (χ0) is 18.4. The molecular weight excluding hydrogens is 369 g/mol. The molecule has 2 aromatic heterocycles. The van der Waals surface area contributed by atoms with Crippen molar-refractivity contribution in [3.05, 3.63) is 51.1 Å². The number of nitrogens with one attached hydrogen (secondary N) is 1. The number of H-pyrrole nitrogens is 1. The molecule has 0 saturated carbocycles. The number of methoxy groups -OCH3 is 1. The second kappa shape index (κ2) is 6.16. The van der Waals surface area contributed by atoms with Crippen molar-refractivity contribution in [1.82, 2.24) is 4.98 Å². The number of aliphatic carboxylic acids is 1. The summed E-state index contributed by atoms with van der Waals surface area (Å²) in [6.45, 7) is 1.32. The number of ketones is 1. The van der Waals surface area contributed by atoms with E-state index in [1.54, 1.807) is 0 Å². The Morgan fingerprint density at radius 1 is 1.36 bits per heavy atom. The van der Waals surface area contributed by atoms with Crippen LogP contribution in [0.3, 0.4) is 0 Å². The van der Waals surface area contributed by atoms with Gasteiger partial charge in [-0.1, -0.05) is 11.6 Å². The fourth-order valence-corrected chi connectivity index (χ4v) is 3.80. The summed E-state index contributed by atoms with van der Waals surface area (Å²) in [7, 11) is 1.31. The van der Waals surface area contributed by atoms with E-state index in [0.717, 1.165) is 11.3 Å². The molecule has 1 unspecified atom stereocenters. The average molecular weight is 382 g/mol. The molecule has 3 aromatic rings. The van der Waals surface area contributed by atoms with Crippen molar-refractivity contribution in [2.24, 2.45) is 0 Å². The van der Waals surface area contributed by atoms with Crippen molar-refractivity contribution in [2.45, 2.75) is 12.3 Å². The number of carbonyl (C=O) groups excluding carboxylic acids is 1. The van der Waals surface area contributed by atoms with Crippen LogP contribution in [0.2, 0.25) is 4.34 Å². The Morgan fingerprint density at radius 3 is 2.64 bits per heavy atom. The Morgan fingerprint density at radius 2 is 2.08 bits per heavy atom. The van der Waals surface area contributed by atoms with Gasteiger partial charge in [-0.2, -0.15) is 0 Å². The van der Waals surface area contributed by atoms with Gasteiger partial charge in [-0.05, 0) is 25.1 Å². The first-order chi connectivity index (χ1) is 11.8. The summed E-state index contributed by atoms with van der Waals surface area (Å²) in [6.07, 6.45) is 1.41. The van der Waals surface area contributed by atoms with Gasteiger partial charge in [-0.15, -0.1) is 11.3 Å². The topological polar surface area (TPSA) is 79.4 Å². The Hall–Kier alpha value is -2.38. The van der Waals surface area contributed by atoms with E-state index in [9.17, 15) is 19.1 Å². The molecule has 0 fully saturated rings. The number of aromatic amines is 1. The van der Waals surface area contributed by atoms with Crippen LogP contribution in [0, 0.1) is 5.82 Å². The summed E-state index contributed by atoms with van der Waals surface area (Å²) >= 11 is 6.88. The Bertz CT molecular complexity index is 996. The Kier molecular flexibility index (Phi) is 4.30. The molecule has 1 atom stereocenters. The van der Waals surface area contributed by atoms with Crippen LogP contribution in [0.15, 0.2) is 30.5 Å². The quantitative estimate of drug-likeness (QED) is 0.511. The molecule has 0 amide bonds.